The lowest BCUT2D eigenvalue weighted by Crippen LogP contribution is -2.54. The number of nitrogens with two attached hydrogens (primary N) is 1. The second kappa shape index (κ2) is 4.34. The molecule has 0 aromatic heterocycles. The molecule has 2 rings (SSSR count). The van der Waals surface area contributed by atoms with E-state index in [1.54, 1.807) is 0 Å². The summed E-state index contributed by atoms with van der Waals surface area (Å²) in [6.45, 7) is 5.73. The van der Waals surface area contributed by atoms with Gasteiger partial charge in [-0.1, -0.05) is 6.42 Å². The van der Waals surface area contributed by atoms with Crippen LogP contribution in [0.25, 0.3) is 0 Å². The maximum atomic E-state index is 12.5. The number of hydrogen-bond donors (Lipinski definition) is 1. The van der Waals surface area contributed by atoms with E-state index in [0.29, 0.717) is 0 Å². The predicted molar refractivity (Wildman–Crippen MR) is 64.0 cm³/mol. The Kier molecular flexibility index (Phi) is 3.22. The van der Waals surface area contributed by atoms with Gasteiger partial charge in [-0.25, -0.2) is 0 Å². The Labute approximate surface area is 97.8 Å². The summed E-state index contributed by atoms with van der Waals surface area (Å²) in [4.78, 5) is 16.7. The van der Waals surface area contributed by atoms with E-state index in [1.165, 1.54) is 0 Å². The zero-order chi connectivity index (χ0) is 11.8. The molecule has 16 heavy (non-hydrogen) atoms. The number of amides is 1. The second-order valence-corrected chi connectivity index (χ2v) is 5.51. The molecular weight excluding hydrogens is 202 g/mol. The Bertz CT molecular complexity index is 273. The number of carbonyl (C=O) groups is 1. The number of rotatable bonds is 1. The van der Waals surface area contributed by atoms with E-state index in [-0.39, 0.29) is 17.4 Å². The van der Waals surface area contributed by atoms with Crippen molar-refractivity contribution in [1.29, 1.82) is 0 Å². The van der Waals surface area contributed by atoms with Gasteiger partial charge in [0, 0.05) is 32.2 Å². The van der Waals surface area contributed by atoms with Crippen molar-refractivity contribution in [2.45, 2.75) is 32.2 Å². The maximum absolute atomic E-state index is 12.5. The third kappa shape index (κ3) is 1.96. The molecule has 4 heteroatoms. The van der Waals surface area contributed by atoms with Crippen molar-refractivity contribution in [3.63, 3.8) is 0 Å². The molecule has 0 radical (unpaired) electrons. The van der Waals surface area contributed by atoms with Gasteiger partial charge in [0.05, 0.1) is 5.41 Å². The highest BCUT2D eigenvalue weighted by molar-refractivity contribution is 5.83. The summed E-state index contributed by atoms with van der Waals surface area (Å²) in [5.74, 6) is 0.283. The molecule has 1 heterocycles. The fourth-order valence-corrected chi connectivity index (χ4v) is 2.83. The summed E-state index contributed by atoms with van der Waals surface area (Å²) in [5.41, 5.74) is 5.79. The SMILES string of the molecule is CN1CCN(C(=O)C2(C)CCCC2N)CC1. The highest BCUT2D eigenvalue weighted by atomic mass is 16.2. The van der Waals surface area contributed by atoms with Crippen LogP contribution in [0, 0.1) is 5.41 Å². The lowest BCUT2D eigenvalue weighted by atomic mass is 9.83. The van der Waals surface area contributed by atoms with Crippen molar-refractivity contribution in [3.8, 4) is 0 Å². The molecule has 2 fully saturated rings. The van der Waals surface area contributed by atoms with Crippen molar-refractivity contribution in [3.05, 3.63) is 0 Å². The monoisotopic (exact) mass is 225 g/mol. The minimum atomic E-state index is -0.296. The van der Waals surface area contributed by atoms with E-state index < -0.39 is 0 Å². The molecule has 4 nitrogen and oxygen atoms in total. The molecular formula is C12H23N3O. The molecule has 1 aliphatic carbocycles. The summed E-state index contributed by atoms with van der Waals surface area (Å²) in [6.07, 6.45) is 3.05. The standard InChI is InChI=1S/C12H23N3O/c1-12(5-3-4-10(12)13)11(16)15-8-6-14(2)7-9-15/h10H,3-9,13H2,1-2H3. The minimum absolute atomic E-state index is 0.0552. The summed E-state index contributed by atoms with van der Waals surface area (Å²) in [7, 11) is 2.10. The first kappa shape index (κ1) is 11.9. The van der Waals surface area contributed by atoms with Gasteiger partial charge in [-0.2, -0.15) is 0 Å². The van der Waals surface area contributed by atoms with E-state index in [2.05, 4.69) is 11.9 Å². The smallest absolute Gasteiger partial charge is 0.230 e. The van der Waals surface area contributed by atoms with E-state index in [4.69, 9.17) is 5.73 Å². The lowest BCUT2D eigenvalue weighted by molar-refractivity contribution is -0.143. The first-order valence-electron chi connectivity index (χ1n) is 6.27. The van der Waals surface area contributed by atoms with E-state index in [9.17, 15) is 4.79 Å². The topological polar surface area (TPSA) is 49.6 Å². The van der Waals surface area contributed by atoms with Crippen LogP contribution in [0.2, 0.25) is 0 Å². The van der Waals surface area contributed by atoms with Crippen molar-refractivity contribution in [1.82, 2.24) is 9.80 Å². The quantitative estimate of drug-likeness (QED) is 0.697. The first-order chi connectivity index (χ1) is 7.54. The molecule has 1 amide bonds. The van der Waals surface area contributed by atoms with Crippen LogP contribution in [0.5, 0.6) is 0 Å². The fourth-order valence-electron chi connectivity index (χ4n) is 2.83. The highest BCUT2D eigenvalue weighted by Crippen LogP contribution is 2.38. The van der Waals surface area contributed by atoms with Crippen molar-refractivity contribution in [2.24, 2.45) is 11.1 Å². The zero-order valence-corrected chi connectivity index (χ0v) is 10.4. The van der Waals surface area contributed by atoms with Gasteiger partial charge in [-0.15, -0.1) is 0 Å². The number of piperazine rings is 1. The third-order valence-electron chi connectivity index (χ3n) is 4.31. The van der Waals surface area contributed by atoms with Crippen molar-refractivity contribution in [2.75, 3.05) is 33.2 Å². The summed E-state index contributed by atoms with van der Waals surface area (Å²) < 4.78 is 0. The molecule has 2 atom stereocenters. The highest BCUT2D eigenvalue weighted by Gasteiger charge is 2.45. The molecule has 92 valence electrons. The van der Waals surface area contributed by atoms with Gasteiger partial charge in [0.25, 0.3) is 0 Å². The van der Waals surface area contributed by atoms with Gasteiger partial charge in [0.1, 0.15) is 0 Å². The fraction of sp³-hybridized carbons (Fsp3) is 0.917. The average Bonchev–Trinajstić information content (AvgIpc) is 2.61. The van der Waals surface area contributed by atoms with Gasteiger partial charge in [0.15, 0.2) is 0 Å². The summed E-state index contributed by atoms with van der Waals surface area (Å²) in [5, 5.41) is 0. The van der Waals surface area contributed by atoms with Crippen LogP contribution in [-0.4, -0.2) is 55.0 Å². The number of hydrogen-bond acceptors (Lipinski definition) is 3. The number of nitrogens with zero attached hydrogens (tertiary/aromatic N) is 2. The number of likely N-dealkylation sites (N-methyl/N-ethyl adjacent to an activating group) is 1. The Balaban J connectivity index is 2.01. The van der Waals surface area contributed by atoms with E-state index in [0.717, 1.165) is 45.4 Å². The maximum Gasteiger partial charge on any atom is 0.230 e. The largest absolute Gasteiger partial charge is 0.340 e. The molecule has 1 saturated carbocycles. The van der Waals surface area contributed by atoms with Gasteiger partial charge >= 0.3 is 0 Å². The number of carbonyl (C=O) groups excluding carboxylic acids is 1. The van der Waals surface area contributed by atoms with Gasteiger partial charge in [0.2, 0.25) is 5.91 Å². The molecule has 2 aliphatic rings. The molecule has 0 aromatic carbocycles. The van der Waals surface area contributed by atoms with E-state index >= 15 is 0 Å². The zero-order valence-electron chi connectivity index (χ0n) is 10.4. The average molecular weight is 225 g/mol. The Morgan fingerprint density at radius 3 is 2.44 bits per heavy atom. The summed E-state index contributed by atoms with van der Waals surface area (Å²) >= 11 is 0. The van der Waals surface area contributed by atoms with Crippen LogP contribution >= 0.6 is 0 Å². The second-order valence-electron chi connectivity index (χ2n) is 5.51. The predicted octanol–water partition coefficient (Wildman–Crippen LogP) is 0.278. The van der Waals surface area contributed by atoms with Crippen LogP contribution in [0.4, 0.5) is 0 Å². The normalized spacial score (nSPS) is 36.7. The summed E-state index contributed by atoms with van der Waals surface area (Å²) in [6, 6.07) is 0.0552. The molecule has 0 spiro atoms. The van der Waals surface area contributed by atoms with Crippen molar-refractivity contribution < 1.29 is 4.79 Å². The molecule has 1 aliphatic heterocycles. The Morgan fingerprint density at radius 1 is 1.31 bits per heavy atom. The van der Waals surface area contributed by atoms with Gasteiger partial charge in [-0.05, 0) is 26.8 Å². The van der Waals surface area contributed by atoms with E-state index in [1.807, 2.05) is 11.8 Å². The van der Waals surface area contributed by atoms with Crippen LogP contribution in [-0.2, 0) is 4.79 Å². The molecule has 0 bridgehead atoms. The van der Waals surface area contributed by atoms with Gasteiger partial charge in [-0.3, -0.25) is 4.79 Å². The van der Waals surface area contributed by atoms with Gasteiger partial charge < -0.3 is 15.5 Å². The van der Waals surface area contributed by atoms with Crippen LogP contribution in [0.1, 0.15) is 26.2 Å². The first-order valence-corrected chi connectivity index (χ1v) is 6.27. The molecule has 1 saturated heterocycles. The Morgan fingerprint density at radius 2 is 1.94 bits per heavy atom. The lowest BCUT2D eigenvalue weighted by Gasteiger charge is -2.38. The Hall–Kier alpha value is -0.610. The molecule has 0 aromatic rings. The minimum Gasteiger partial charge on any atom is -0.340 e. The van der Waals surface area contributed by atoms with Crippen LogP contribution in [0.15, 0.2) is 0 Å². The third-order valence-corrected chi connectivity index (χ3v) is 4.31. The van der Waals surface area contributed by atoms with Crippen LogP contribution in [0.3, 0.4) is 0 Å². The van der Waals surface area contributed by atoms with Crippen molar-refractivity contribution >= 4 is 5.91 Å². The molecule has 2 N–H and O–H groups in total. The molecule has 2 unspecified atom stereocenters. The van der Waals surface area contributed by atoms with Crippen LogP contribution < -0.4 is 5.73 Å².